The fourth-order valence-electron chi connectivity index (χ4n) is 3.65. The monoisotopic (exact) mass is 247 g/mol. The van der Waals surface area contributed by atoms with E-state index in [4.69, 9.17) is 5.73 Å². The van der Waals surface area contributed by atoms with Crippen LogP contribution in [0.25, 0.3) is 0 Å². The average molecular weight is 247 g/mol. The van der Waals surface area contributed by atoms with Crippen molar-refractivity contribution in [2.75, 3.05) is 0 Å². The summed E-state index contributed by atoms with van der Waals surface area (Å²) in [6, 6.07) is 2.59. The lowest BCUT2D eigenvalue weighted by molar-refractivity contribution is 0.385. The fraction of sp³-hybridized carbons (Fsp3) is 0.800. The molecule has 2 N–H and O–H groups in total. The van der Waals surface area contributed by atoms with Crippen LogP contribution in [0.3, 0.4) is 0 Å². The SMILES string of the molecule is CCc1cc(CC(N)C2CC3CC3C2)n(CC)n1. The van der Waals surface area contributed by atoms with Crippen molar-refractivity contribution in [3.63, 3.8) is 0 Å². The van der Waals surface area contributed by atoms with E-state index >= 15 is 0 Å². The van der Waals surface area contributed by atoms with E-state index in [1.165, 1.54) is 30.7 Å². The Morgan fingerprint density at radius 3 is 2.67 bits per heavy atom. The largest absolute Gasteiger partial charge is 0.327 e. The molecule has 100 valence electrons. The molecule has 0 saturated heterocycles. The van der Waals surface area contributed by atoms with Crippen LogP contribution in [0.2, 0.25) is 0 Å². The molecule has 0 aromatic carbocycles. The fourth-order valence-corrected chi connectivity index (χ4v) is 3.65. The molecule has 0 radical (unpaired) electrons. The Labute approximate surface area is 110 Å². The number of hydrogen-bond acceptors (Lipinski definition) is 2. The quantitative estimate of drug-likeness (QED) is 0.868. The lowest BCUT2D eigenvalue weighted by Gasteiger charge is -2.20. The summed E-state index contributed by atoms with van der Waals surface area (Å²) in [7, 11) is 0. The van der Waals surface area contributed by atoms with Gasteiger partial charge in [0.1, 0.15) is 0 Å². The van der Waals surface area contributed by atoms with Gasteiger partial charge in [-0.3, -0.25) is 4.68 Å². The zero-order valence-electron chi connectivity index (χ0n) is 11.6. The topological polar surface area (TPSA) is 43.8 Å². The van der Waals surface area contributed by atoms with Crippen LogP contribution in [0.4, 0.5) is 0 Å². The molecule has 1 heterocycles. The second kappa shape index (κ2) is 4.69. The van der Waals surface area contributed by atoms with Gasteiger partial charge in [-0.2, -0.15) is 5.10 Å². The number of rotatable bonds is 5. The molecular formula is C15H25N3. The molecule has 0 aliphatic heterocycles. The number of nitrogens with zero attached hydrogens (tertiary/aromatic N) is 2. The third-order valence-corrected chi connectivity index (χ3v) is 4.91. The van der Waals surface area contributed by atoms with Gasteiger partial charge in [0, 0.05) is 24.7 Å². The van der Waals surface area contributed by atoms with Gasteiger partial charge < -0.3 is 5.73 Å². The van der Waals surface area contributed by atoms with Crippen molar-refractivity contribution in [3.05, 3.63) is 17.5 Å². The zero-order valence-corrected chi connectivity index (χ0v) is 11.6. The van der Waals surface area contributed by atoms with Crippen molar-refractivity contribution in [3.8, 4) is 0 Å². The Balaban J connectivity index is 1.65. The molecule has 3 rings (SSSR count). The highest BCUT2D eigenvalue weighted by molar-refractivity contribution is 5.13. The van der Waals surface area contributed by atoms with Crippen LogP contribution in [-0.2, 0) is 19.4 Å². The van der Waals surface area contributed by atoms with Crippen LogP contribution in [0.1, 0.15) is 44.5 Å². The molecule has 2 saturated carbocycles. The van der Waals surface area contributed by atoms with E-state index in [9.17, 15) is 0 Å². The Bertz CT molecular complexity index is 413. The molecule has 3 unspecified atom stereocenters. The van der Waals surface area contributed by atoms with E-state index < -0.39 is 0 Å². The molecule has 1 aromatic heterocycles. The Hall–Kier alpha value is -0.830. The lowest BCUT2D eigenvalue weighted by atomic mass is 9.92. The van der Waals surface area contributed by atoms with Gasteiger partial charge in [-0.05, 0) is 56.4 Å². The molecule has 3 heteroatoms. The summed E-state index contributed by atoms with van der Waals surface area (Å²) in [5.74, 6) is 2.82. The van der Waals surface area contributed by atoms with E-state index in [2.05, 4.69) is 29.7 Å². The minimum absolute atomic E-state index is 0.338. The standard InChI is InChI=1S/C15H25N3/c1-3-13-8-14(18(4-2)17-13)9-15(16)12-6-10-5-11(10)7-12/h8,10-12,15H,3-7,9,16H2,1-2H3. The van der Waals surface area contributed by atoms with Crippen LogP contribution in [0.5, 0.6) is 0 Å². The van der Waals surface area contributed by atoms with Crippen molar-refractivity contribution in [1.82, 2.24) is 9.78 Å². The summed E-state index contributed by atoms with van der Waals surface area (Å²) < 4.78 is 2.13. The molecule has 3 atom stereocenters. The molecule has 1 aromatic rings. The first-order chi connectivity index (χ1) is 8.71. The molecular weight excluding hydrogens is 222 g/mol. The maximum atomic E-state index is 6.43. The number of nitrogens with two attached hydrogens (primary N) is 1. The highest BCUT2D eigenvalue weighted by Gasteiger charge is 2.47. The summed E-state index contributed by atoms with van der Waals surface area (Å²) in [6.45, 7) is 5.28. The predicted molar refractivity (Wildman–Crippen MR) is 73.3 cm³/mol. The molecule has 3 nitrogen and oxygen atoms in total. The van der Waals surface area contributed by atoms with Crippen LogP contribution < -0.4 is 5.73 Å². The highest BCUT2D eigenvalue weighted by Crippen LogP contribution is 2.55. The first-order valence-electron chi connectivity index (χ1n) is 7.52. The van der Waals surface area contributed by atoms with Crippen LogP contribution in [0.15, 0.2) is 6.07 Å². The maximum Gasteiger partial charge on any atom is 0.0624 e. The summed E-state index contributed by atoms with van der Waals surface area (Å²) in [4.78, 5) is 0. The summed E-state index contributed by atoms with van der Waals surface area (Å²) in [5.41, 5.74) is 8.96. The molecule has 2 aliphatic carbocycles. The van der Waals surface area contributed by atoms with Crippen LogP contribution in [-0.4, -0.2) is 15.8 Å². The van der Waals surface area contributed by atoms with Gasteiger partial charge in [-0.15, -0.1) is 0 Å². The van der Waals surface area contributed by atoms with E-state index in [0.717, 1.165) is 37.1 Å². The van der Waals surface area contributed by atoms with Gasteiger partial charge >= 0.3 is 0 Å². The smallest absolute Gasteiger partial charge is 0.0624 e. The minimum atomic E-state index is 0.338. The Kier molecular flexibility index (Phi) is 3.18. The van der Waals surface area contributed by atoms with Gasteiger partial charge in [0.15, 0.2) is 0 Å². The molecule has 0 spiro atoms. The van der Waals surface area contributed by atoms with Crippen molar-refractivity contribution in [2.45, 2.75) is 58.5 Å². The second-order valence-electron chi connectivity index (χ2n) is 6.15. The predicted octanol–water partition coefficient (Wildman–Crippen LogP) is 2.38. The lowest BCUT2D eigenvalue weighted by Crippen LogP contribution is -2.32. The van der Waals surface area contributed by atoms with Crippen LogP contribution in [0, 0.1) is 17.8 Å². The second-order valence-corrected chi connectivity index (χ2v) is 6.15. The minimum Gasteiger partial charge on any atom is -0.327 e. The van der Waals surface area contributed by atoms with Gasteiger partial charge in [0.05, 0.1) is 5.69 Å². The van der Waals surface area contributed by atoms with Crippen molar-refractivity contribution < 1.29 is 0 Å². The van der Waals surface area contributed by atoms with E-state index in [-0.39, 0.29) is 0 Å². The normalized spacial score (nSPS) is 31.4. The number of aryl methyl sites for hydroxylation is 2. The summed E-state index contributed by atoms with van der Waals surface area (Å²) in [6.07, 6.45) is 6.27. The van der Waals surface area contributed by atoms with E-state index in [1.807, 2.05) is 0 Å². The van der Waals surface area contributed by atoms with Crippen LogP contribution >= 0.6 is 0 Å². The number of fused-ring (bicyclic) bond motifs is 1. The molecule has 18 heavy (non-hydrogen) atoms. The number of hydrogen-bond donors (Lipinski definition) is 1. The highest BCUT2D eigenvalue weighted by atomic mass is 15.3. The van der Waals surface area contributed by atoms with Gasteiger partial charge in [0.25, 0.3) is 0 Å². The zero-order chi connectivity index (χ0) is 12.7. The van der Waals surface area contributed by atoms with Gasteiger partial charge in [-0.1, -0.05) is 6.92 Å². The average Bonchev–Trinajstić information content (AvgIpc) is 2.83. The first-order valence-corrected chi connectivity index (χ1v) is 7.52. The molecule has 2 aliphatic rings. The Morgan fingerprint density at radius 1 is 1.33 bits per heavy atom. The Morgan fingerprint density at radius 2 is 2.06 bits per heavy atom. The van der Waals surface area contributed by atoms with Crippen molar-refractivity contribution in [2.24, 2.45) is 23.5 Å². The summed E-state index contributed by atoms with van der Waals surface area (Å²) in [5, 5.41) is 4.61. The van der Waals surface area contributed by atoms with E-state index in [0.29, 0.717) is 6.04 Å². The van der Waals surface area contributed by atoms with Crippen molar-refractivity contribution >= 4 is 0 Å². The third-order valence-electron chi connectivity index (χ3n) is 4.91. The third kappa shape index (κ3) is 2.20. The molecule has 2 fully saturated rings. The van der Waals surface area contributed by atoms with E-state index in [1.54, 1.807) is 0 Å². The molecule has 0 amide bonds. The molecule has 0 bridgehead atoms. The number of aromatic nitrogens is 2. The van der Waals surface area contributed by atoms with Gasteiger partial charge in [0.2, 0.25) is 0 Å². The van der Waals surface area contributed by atoms with Crippen molar-refractivity contribution in [1.29, 1.82) is 0 Å². The summed E-state index contributed by atoms with van der Waals surface area (Å²) >= 11 is 0. The maximum absolute atomic E-state index is 6.43. The first kappa shape index (κ1) is 12.2. The van der Waals surface area contributed by atoms with Gasteiger partial charge in [-0.25, -0.2) is 0 Å².